The molecular formula is C14H17N3O3. The Morgan fingerprint density at radius 3 is 2.80 bits per heavy atom. The number of likely N-dealkylation sites (tertiary alicyclic amines) is 1. The van der Waals surface area contributed by atoms with Crippen LogP contribution in [0.5, 0.6) is 0 Å². The van der Waals surface area contributed by atoms with Crippen LogP contribution in [-0.4, -0.2) is 35.4 Å². The number of piperidine rings is 1. The molecular weight excluding hydrogens is 258 g/mol. The first-order chi connectivity index (χ1) is 9.61. The minimum atomic E-state index is -0.479. The zero-order valence-electron chi connectivity index (χ0n) is 11.3. The Labute approximate surface area is 116 Å². The number of carbonyl (C=O) groups excluding carboxylic acids is 1. The Balaban J connectivity index is 1.97. The summed E-state index contributed by atoms with van der Waals surface area (Å²) in [6.07, 6.45) is 3.24. The third kappa shape index (κ3) is 1.92. The fraction of sp³-hybridized carbons (Fsp3) is 0.500. The second kappa shape index (κ2) is 4.77. The minimum absolute atomic E-state index is 0.122. The van der Waals surface area contributed by atoms with Crippen molar-refractivity contribution in [3.05, 3.63) is 33.9 Å². The molecule has 6 nitrogen and oxygen atoms in total. The summed E-state index contributed by atoms with van der Waals surface area (Å²) in [6, 6.07) is 5.11. The Hall–Kier alpha value is -2.11. The van der Waals surface area contributed by atoms with Crippen molar-refractivity contribution in [2.24, 2.45) is 5.92 Å². The van der Waals surface area contributed by atoms with Gasteiger partial charge in [-0.25, -0.2) is 0 Å². The standard InChI is InChI=1S/C14H17N3O3/c1-15-12-4-2-3-11(13(12)17(19)20)14(18)16-8-9-5-6-10(16)7-9/h2-4,9-10,15H,5-8H2,1H3. The van der Waals surface area contributed by atoms with Gasteiger partial charge in [-0.3, -0.25) is 14.9 Å². The van der Waals surface area contributed by atoms with E-state index in [-0.39, 0.29) is 23.2 Å². The lowest BCUT2D eigenvalue weighted by molar-refractivity contribution is -0.384. The maximum absolute atomic E-state index is 12.6. The maximum atomic E-state index is 12.6. The molecule has 2 aliphatic rings. The van der Waals surface area contributed by atoms with Gasteiger partial charge < -0.3 is 10.2 Å². The number of nitro benzene ring substituents is 1. The lowest BCUT2D eigenvalue weighted by atomic mass is 10.1. The number of anilines is 1. The number of nitro groups is 1. The maximum Gasteiger partial charge on any atom is 0.305 e. The van der Waals surface area contributed by atoms with E-state index >= 15 is 0 Å². The number of nitrogens with one attached hydrogen (secondary N) is 1. The number of amides is 1. The summed E-state index contributed by atoms with van der Waals surface area (Å²) in [7, 11) is 1.62. The molecule has 6 heteroatoms. The molecule has 2 atom stereocenters. The zero-order chi connectivity index (χ0) is 14.3. The molecule has 20 heavy (non-hydrogen) atoms. The van der Waals surface area contributed by atoms with Gasteiger partial charge in [0, 0.05) is 19.6 Å². The third-order valence-electron chi connectivity index (χ3n) is 4.39. The summed E-state index contributed by atoms with van der Waals surface area (Å²) in [5, 5.41) is 14.1. The summed E-state index contributed by atoms with van der Waals surface area (Å²) in [4.78, 5) is 25.2. The molecule has 2 unspecified atom stereocenters. The fourth-order valence-electron chi connectivity index (χ4n) is 3.44. The minimum Gasteiger partial charge on any atom is -0.383 e. The first kappa shape index (κ1) is 12.9. The third-order valence-corrected chi connectivity index (χ3v) is 4.39. The highest BCUT2D eigenvalue weighted by Crippen LogP contribution is 2.39. The average Bonchev–Trinajstić information content (AvgIpc) is 3.08. The monoisotopic (exact) mass is 275 g/mol. The molecule has 1 aromatic rings. The first-order valence-corrected chi connectivity index (χ1v) is 6.88. The lowest BCUT2D eigenvalue weighted by Gasteiger charge is -2.27. The normalized spacial score (nSPS) is 23.9. The number of hydrogen-bond acceptors (Lipinski definition) is 4. The molecule has 3 rings (SSSR count). The highest BCUT2D eigenvalue weighted by atomic mass is 16.6. The van der Waals surface area contributed by atoms with Crippen molar-refractivity contribution < 1.29 is 9.72 Å². The van der Waals surface area contributed by atoms with Crippen LogP contribution < -0.4 is 5.32 Å². The highest BCUT2D eigenvalue weighted by Gasteiger charge is 2.42. The van der Waals surface area contributed by atoms with Gasteiger partial charge in [0.25, 0.3) is 5.91 Å². The summed E-state index contributed by atoms with van der Waals surface area (Å²) in [5.41, 5.74) is 0.447. The summed E-state index contributed by atoms with van der Waals surface area (Å²) in [6.45, 7) is 0.741. The predicted molar refractivity (Wildman–Crippen MR) is 74.8 cm³/mol. The van der Waals surface area contributed by atoms with E-state index in [9.17, 15) is 14.9 Å². The molecule has 0 spiro atoms. The van der Waals surface area contributed by atoms with Gasteiger partial charge in [-0.15, -0.1) is 0 Å². The lowest BCUT2D eigenvalue weighted by Crippen LogP contribution is -2.37. The van der Waals surface area contributed by atoms with Gasteiger partial charge >= 0.3 is 5.69 Å². The van der Waals surface area contributed by atoms with Crippen LogP contribution in [-0.2, 0) is 0 Å². The molecule has 1 saturated heterocycles. The van der Waals surface area contributed by atoms with Crippen molar-refractivity contribution in [3.8, 4) is 0 Å². The molecule has 1 amide bonds. The summed E-state index contributed by atoms with van der Waals surface area (Å²) in [5.74, 6) is 0.372. The molecule has 1 aromatic carbocycles. The van der Waals surface area contributed by atoms with Crippen molar-refractivity contribution in [2.45, 2.75) is 25.3 Å². The van der Waals surface area contributed by atoms with Gasteiger partial charge in [-0.1, -0.05) is 6.07 Å². The molecule has 2 bridgehead atoms. The number of hydrogen-bond donors (Lipinski definition) is 1. The smallest absolute Gasteiger partial charge is 0.305 e. The van der Waals surface area contributed by atoms with Crippen LogP contribution in [0.3, 0.4) is 0 Å². The van der Waals surface area contributed by atoms with Crippen LogP contribution in [0.4, 0.5) is 11.4 Å². The van der Waals surface area contributed by atoms with Crippen LogP contribution in [0.15, 0.2) is 18.2 Å². The second-order valence-electron chi connectivity index (χ2n) is 5.50. The molecule has 2 fully saturated rings. The largest absolute Gasteiger partial charge is 0.383 e. The van der Waals surface area contributed by atoms with Gasteiger partial charge in [-0.05, 0) is 37.3 Å². The Morgan fingerprint density at radius 1 is 1.45 bits per heavy atom. The fourth-order valence-corrected chi connectivity index (χ4v) is 3.44. The second-order valence-corrected chi connectivity index (χ2v) is 5.50. The van der Waals surface area contributed by atoms with E-state index in [1.54, 1.807) is 25.2 Å². The Bertz CT molecular complexity index is 573. The number of benzene rings is 1. The molecule has 0 radical (unpaired) electrons. The highest BCUT2D eigenvalue weighted by molar-refractivity contribution is 6.00. The molecule has 0 aromatic heterocycles. The van der Waals surface area contributed by atoms with E-state index in [0.717, 1.165) is 19.4 Å². The van der Waals surface area contributed by atoms with E-state index in [2.05, 4.69) is 5.32 Å². The first-order valence-electron chi connectivity index (χ1n) is 6.88. The van der Waals surface area contributed by atoms with Crippen molar-refractivity contribution in [1.82, 2.24) is 4.90 Å². The van der Waals surface area contributed by atoms with Gasteiger partial charge in [0.1, 0.15) is 11.3 Å². The van der Waals surface area contributed by atoms with E-state index in [1.807, 2.05) is 4.90 Å². The van der Waals surface area contributed by atoms with Gasteiger partial charge in [-0.2, -0.15) is 0 Å². The van der Waals surface area contributed by atoms with E-state index < -0.39 is 4.92 Å². The quantitative estimate of drug-likeness (QED) is 0.678. The van der Waals surface area contributed by atoms with Crippen LogP contribution in [0, 0.1) is 16.0 Å². The number of fused-ring (bicyclic) bond motifs is 2. The zero-order valence-corrected chi connectivity index (χ0v) is 11.3. The topological polar surface area (TPSA) is 75.5 Å². The molecule has 1 N–H and O–H groups in total. The molecule has 1 aliphatic carbocycles. The summed E-state index contributed by atoms with van der Waals surface area (Å²) < 4.78 is 0. The molecule has 1 heterocycles. The van der Waals surface area contributed by atoms with Gasteiger partial charge in [0.05, 0.1) is 4.92 Å². The van der Waals surface area contributed by atoms with Crippen LogP contribution in [0.1, 0.15) is 29.6 Å². The van der Waals surface area contributed by atoms with Crippen LogP contribution in [0.25, 0.3) is 0 Å². The van der Waals surface area contributed by atoms with Crippen LogP contribution in [0.2, 0.25) is 0 Å². The van der Waals surface area contributed by atoms with Gasteiger partial charge in [0.15, 0.2) is 0 Å². The number of carbonyl (C=O) groups is 1. The molecule has 1 aliphatic heterocycles. The van der Waals surface area contributed by atoms with Crippen molar-refractivity contribution in [2.75, 3.05) is 18.9 Å². The number of nitrogens with zero attached hydrogens (tertiary/aromatic N) is 2. The average molecular weight is 275 g/mol. The number of para-hydroxylation sites is 1. The Kier molecular flexibility index (Phi) is 3.08. The van der Waals surface area contributed by atoms with Crippen LogP contribution >= 0.6 is 0 Å². The van der Waals surface area contributed by atoms with E-state index in [1.165, 1.54) is 6.42 Å². The molecule has 106 valence electrons. The SMILES string of the molecule is CNc1cccc(C(=O)N2CC3CCC2C3)c1[N+](=O)[O-]. The van der Waals surface area contributed by atoms with E-state index in [0.29, 0.717) is 11.6 Å². The van der Waals surface area contributed by atoms with Crippen molar-refractivity contribution in [1.29, 1.82) is 0 Å². The van der Waals surface area contributed by atoms with Crippen molar-refractivity contribution >= 4 is 17.3 Å². The van der Waals surface area contributed by atoms with Gasteiger partial charge in [0.2, 0.25) is 0 Å². The van der Waals surface area contributed by atoms with E-state index in [4.69, 9.17) is 0 Å². The molecule has 1 saturated carbocycles. The summed E-state index contributed by atoms with van der Waals surface area (Å²) >= 11 is 0. The predicted octanol–water partition coefficient (Wildman–Crippen LogP) is 2.26. The Morgan fingerprint density at radius 2 is 2.25 bits per heavy atom. The van der Waals surface area contributed by atoms with Crippen molar-refractivity contribution in [3.63, 3.8) is 0 Å². The number of rotatable bonds is 3.